The predicted molar refractivity (Wildman–Crippen MR) is 143 cm³/mol. The Kier molecular flexibility index (Phi) is 8.49. The van der Waals surface area contributed by atoms with E-state index in [1.54, 1.807) is 66.7 Å². The van der Waals surface area contributed by atoms with Gasteiger partial charge in [0.05, 0.1) is 16.8 Å². The fourth-order valence-electron chi connectivity index (χ4n) is 3.16. The third-order valence-corrected chi connectivity index (χ3v) is 5.83. The summed E-state index contributed by atoms with van der Waals surface area (Å²) >= 11 is 9.48. The van der Waals surface area contributed by atoms with Crippen LogP contribution in [0.3, 0.4) is 0 Å². The molecule has 0 atom stereocenters. The van der Waals surface area contributed by atoms with Gasteiger partial charge in [-0.15, -0.1) is 0 Å². The van der Waals surface area contributed by atoms with Crippen molar-refractivity contribution < 1.29 is 19.1 Å². The van der Waals surface area contributed by atoms with Crippen LogP contribution in [0.25, 0.3) is 0 Å². The zero-order valence-corrected chi connectivity index (χ0v) is 21.2. The smallest absolute Gasteiger partial charge is 0.345 e. The first-order valence-corrected chi connectivity index (χ1v) is 12.0. The zero-order chi connectivity index (χ0) is 25.3. The number of esters is 1. The molecule has 0 spiro atoms. The third-order valence-electron chi connectivity index (χ3n) is 5.00. The number of hydrazone groups is 1. The van der Waals surface area contributed by atoms with Crippen molar-refractivity contribution in [3.8, 4) is 11.5 Å². The minimum absolute atomic E-state index is 0.245. The van der Waals surface area contributed by atoms with Crippen LogP contribution < -0.4 is 14.9 Å². The van der Waals surface area contributed by atoms with Crippen LogP contribution in [0.2, 0.25) is 5.02 Å². The van der Waals surface area contributed by atoms with Gasteiger partial charge in [0.2, 0.25) is 0 Å². The molecule has 0 unspecified atom stereocenters. The van der Waals surface area contributed by atoms with Crippen molar-refractivity contribution in [2.45, 2.75) is 6.61 Å². The van der Waals surface area contributed by atoms with Crippen LogP contribution in [0.15, 0.2) is 107 Å². The summed E-state index contributed by atoms with van der Waals surface area (Å²) in [5.74, 6) is -0.0827. The lowest BCUT2D eigenvalue weighted by Gasteiger charge is -2.09. The highest BCUT2D eigenvalue weighted by Crippen LogP contribution is 2.24. The molecule has 0 aliphatic heterocycles. The summed E-state index contributed by atoms with van der Waals surface area (Å²) in [5, 5.41) is 4.31. The van der Waals surface area contributed by atoms with Crippen molar-refractivity contribution in [1.82, 2.24) is 5.43 Å². The number of amides is 1. The molecule has 6 nitrogen and oxygen atoms in total. The van der Waals surface area contributed by atoms with Gasteiger partial charge in [0.25, 0.3) is 5.91 Å². The maximum absolute atomic E-state index is 12.6. The minimum atomic E-state index is -0.601. The summed E-state index contributed by atoms with van der Waals surface area (Å²) in [6, 6.07) is 28.2. The monoisotopic (exact) mass is 562 g/mol. The van der Waals surface area contributed by atoms with Crippen molar-refractivity contribution in [2.75, 3.05) is 0 Å². The highest BCUT2D eigenvalue weighted by molar-refractivity contribution is 9.10. The summed E-state index contributed by atoms with van der Waals surface area (Å²) in [4.78, 5) is 25.1. The van der Waals surface area contributed by atoms with E-state index in [2.05, 4.69) is 26.5 Å². The minimum Gasteiger partial charge on any atom is -0.489 e. The van der Waals surface area contributed by atoms with E-state index < -0.39 is 11.9 Å². The molecule has 0 saturated carbocycles. The maximum atomic E-state index is 12.6. The van der Waals surface area contributed by atoms with Crippen LogP contribution in [0.4, 0.5) is 0 Å². The fraction of sp³-hybridized carbons (Fsp3) is 0.0357. The van der Waals surface area contributed by atoms with Gasteiger partial charge in [-0.25, -0.2) is 10.2 Å². The highest BCUT2D eigenvalue weighted by Gasteiger charge is 2.14. The molecular weight excluding hydrogens is 544 g/mol. The Bertz CT molecular complexity index is 1390. The molecule has 0 aliphatic rings. The average Bonchev–Trinajstić information content (AvgIpc) is 2.90. The van der Waals surface area contributed by atoms with Crippen molar-refractivity contribution in [3.05, 3.63) is 129 Å². The van der Waals surface area contributed by atoms with Gasteiger partial charge < -0.3 is 9.47 Å². The molecule has 1 N–H and O–H groups in total. The van der Waals surface area contributed by atoms with E-state index in [0.29, 0.717) is 28.5 Å². The molecular formula is C28H20BrClN2O4. The van der Waals surface area contributed by atoms with E-state index in [9.17, 15) is 9.59 Å². The standard InChI is InChI=1S/C28H20BrClN2O4/c29-22-12-15-26(36-28(34)24-8-4-5-9-25(24)30)21(16-22)17-31-32-27(33)20-10-13-23(14-11-20)35-18-19-6-2-1-3-7-19/h1-17H,18H2,(H,32,33)/b31-17-. The summed E-state index contributed by atoms with van der Waals surface area (Å²) in [6.07, 6.45) is 1.40. The number of carbonyl (C=O) groups is 2. The SMILES string of the molecule is O=C(N/N=C\c1cc(Br)ccc1OC(=O)c1ccccc1Cl)c1ccc(OCc2ccccc2)cc1. The number of benzene rings is 4. The number of nitrogens with zero attached hydrogens (tertiary/aromatic N) is 1. The van der Waals surface area contributed by atoms with Gasteiger partial charge >= 0.3 is 5.97 Å². The lowest BCUT2D eigenvalue weighted by molar-refractivity contribution is 0.0734. The Balaban J connectivity index is 1.38. The van der Waals surface area contributed by atoms with Crippen LogP contribution >= 0.6 is 27.5 Å². The molecule has 4 aromatic carbocycles. The highest BCUT2D eigenvalue weighted by atomic mass is 79.9. The van der Waals surface area contributed by atoms with Gasteiger partial charge in [-0.05, 0) is 60.2 Å². The van der Waals surface area contributed by atoms with Gasteiger partial charge in [-0.3, -0.25) is 4.79 Å². The second-order valence-corrected chi connectivity index (χ2v) is 8.87. The molecule has 180 valence electrons. The Hall–Kier alpha value is -3.94. The summed E-state index contributed by atoms with van der Waals surface area (Å²) in [6.45, 7) is 0.437. The summed E-state index contributed by atoms with van der Waals surface area (Å²) in [7, 11) is 0. The maximum Gasteiger partial charge on any atom is 0.345 e. The molecule has 0 saturated heterocycles. The van der Waals surface area contributed by atoms with Crippen molar-refractivity contribution in [2.24, 2.45) is 5.10 Å². The van der Waals surface area contributed by atoms with Crippen molar-refractivity contribution in [3.63, 3.8) is 0 Å². The Labute approximate surface area is 221 Å². The zero-order valence-electron chi connectivity index (χ0n) is 18.9. The van der Waals surface area contributed by atoms with Gasteiger partial charge in [-0.1, -0.05) is 70.0 Å². The molecule has 36 heavy (non-hydrogen) atoms. The van der Waals surface area contributed by atoms with E-state index in [1.807, 2.05) is 30.3 Å². The van der Waals surface area contributed by atoms with E-state index in [1.165, 1.54) is 6.21 Å². The Morgan fingerprint density at radius 2 is 1.64 bits per heavy atom. The number of halogens is 2. The molecule has 4 rings (SSSR count). The van der Waals surface area contributed by atoms with Gasteiger partial charge in [-0.2, -0.15) is 5.10 Å². The predicted octanol–water partition coefficient (Wildman–Crippen LogP) is 6.66. The summed E-state index contributed by atoms with van der Waals surface area (Å²) < 4.78 is 12.0. The average molecular weight is 564 g/mol. The lowest BCUT2D eigenvalue weighted by Crippen LogP contribution is -2.17. The first-order valence-electron chi connectivity index (χ1n) is 10.9. The number of carbonyl (C=O) groups excluding carboxylic acids is 2. The van der Waals surface area contributed by atoms with Crippen molar-refractivity contribution >= 4 is 45.6 Å². The van der Waals surface area contributed by atoms with Crippen LogP contribution in [0, 0.1) is 0 Å². The van der Waals surface area contributed by atoms with E-state index >= 15 is 0 Å². The second kappa shape index (κ2) is 12.2. The first kappa shape index (κ1) is 25.2. The lowest BCUT2D eigenvalue weighted by atomic mass is 10.2. The molecule has 8 heteroatoms. The van der Waals surface area contributed by atoms with Crippen LogP contribution in [0.5, 0.6) is 11.5 Å². The number of hydrogen-bond acceptors (Lipinski definition) is 5. The molecule has 0 fully saturated rings. The molecule has 0 bridgehead atoms. The fourth-order valence-corrected chi connectivity index (χ4v) is 3.75. The van der Waals surface area contributed by atoms with E-state index in [4.69, 9.17) is 21.1 Å². The molecule has 0 aliphatic carbocycles. The molecule has 1 amide bonds. The van der Waals surface area contributed by atoms with Crippen molar-refractivity contribution in [1.29, 1.82) is 0 Å². The van der Waals surface area contributed by atoms with E-state index in [-0.39, 0.29) is 11.3 Å². The van der Waals surface area contributed by atoms with Gasteiger partial charge in [0.1, 0.15) is 18.1 Å². The molecule has 0 radical (unpaired) electrons. The van der Waals surface area contributed by atoms with Crippen LogP contribution in [-0.4, -0.2) is 18.1 Å². The molecule has 0 heterocycles. The molecule has 4 aromatic rings. The van der Waals surface area contributed by atoms with Gasteiger partial charge in [0.15, 0.2) is 0 Å². The van der Waals surface area contributed by atoms with Gasteiger partial charge in [0, 0.05) is 15.6 Å². The van der Waals surface area contributed by atoms with E-state index in [0.717, 1.165) is 10.0 Å². The largest absolute Gasteiger partial charge is 0.489 e. The normalized spacial score (nSPS) is 10.7. The number of nitrogens with one attached hydrogen (secondary N) is 1. The second-order valence-electron chi connectivity index (χ2n) is 7.55. The first-order chi connectivity index (χ1) is 17.5. The number of rotatable bonds is 8. The number of ether oxygens (including phenoxy) is 2. The van der Waals surface area contributed by atoms with Crippen LogP contribution in [-0.2, 0) is 6.61 Å². The van der Waals surface area contributed by atoms with Crippen LogP contribution in [0.1, 0.15) is 31.8 Å². The third kappa shape index (κ3) is 6.81. The topological polar surface area (TPSA) is 77.0 Å². The number of hydrogen-bond donors (Lipinski definition) is 1. The Morgan fingerprint density at radius 3 is 2.39 bits per heavy atom. The quantitative estimate of drug-likeness (QED) is 0.112. The summed E-state index contributed by atoms with van der Waals surface area (Å²) in [5.41, 5.74) is 4.67. The Morgan fingerprint density at radius 1 is 0.917 bits per heavy atom. The molecule has 0 aromatic heterocycles.